The molecule has 0 spiro atoms. The van der Waals surface area contributed by atoms with Crippen LogP contribution in [0.3, 0.4) is 0 Å². The summed E-state index contributed by atoms with van der Waals surface area (Å²) in [5.41, 5.74) is 0.384. The fourth-order valence-electron chi connectivity index (χ4n) is 1.29. The first-order valence-corrected chi connectivity index (χ1v) is 6.23. The number of aromatic carboxylic acids is 2. The molecule has 0 fully saturated rings. The number of carboxylic acid groups (broad SMARTS) is 2. The number of carbonyl (C=O) groups is 2. The second kappa shape index (κ2) is 11.6. The second-order valence-electron chi connectivity index (χ2n) is 3.60. The van der Waals surface area contributed by atoms with Gasteiger partial charge in [-0.2, -0.15) is 9.79 Å². The molecule has 2 N–H and O–H groups in total. The summed E-state index contributed by atoms with van der Waals surface area (Å²) >= 11 is 9.49. The SMILES string of the molecule is O=C(O)c1ccccc1[S-].O=C(O)c1ccccc1[S-].[Li+].[Li+]. The van der Waals surface area contributed by atoms with E-state index in [0.29, 0.717) is 9.79 Å². The Morgan fingerprint density at radius 2 is 0.955 bits per heavy atom. The third-order valence-corrected chi connectivity index (χ3v) is 2.95. The van der Waals surface area contributed by atoms with Crippen molar-refractivity contribution < 1.29 is 57.5 Å². The summed E-state index contributed by atoms with van der Waals surface area (Å²) in [7, 11) is 0. The minimum absolute atomic E-state index is 0. The quantitative estimate of drug-likeness (QED) is 0.444. The molecular weight excluding hydrogens is 310 g/mol. The molecule has 2 rings (SSSR count). The van der Waals surface area contributed by atoms with Gasteiger partial charge in [0.05, 0.1) is 0 Å². The Kier molecular flexibility index (Phi) is 12.2. The summed E-state index contributed by atoms with van der Waals surface area (Å²) in [4.78, 5) is 21.5. The molecule has 0 aliphatic carbocycles. The standard InChI is InChI=1S/2C7H6O2S.2Li/c2*8-7(9)5-3-1-2-4-6(5)10;;/h2*1-4,10H,(H,8,9);;/q;;2*+1/p-2. The maximum Gasteiger partial charge on any atom is 1.00 e. The van der Waals surface area contributed by atoms with Crippen molar-refractivity contribution in [2.24, 2.45) is 0 Å². The normalized spacial score (nSPS) is 8.36. The molecule has 22 heavy (non-hydrogen) atoms. The van der Waals surface area contributed by atoms with Gasteiger partial charge in [0.25, 0.3) is 0 Å². The smallest absolute Gasteiger partial charge is 0.779 e. The summed E-state index contributed by atoms with van der Waals surface area (Å²) in [5.74, 6) is -1.93. The van der Waals surface area contributed by atoms with Crippen molar-refractivity contribution in [2.75, 3.05) is 0 Å². The van der Waals surface area contributed by atoms with Gasteiger partial charge < -0.3 is 35.5 Å². The summed E-state index contributed by atoms with van der Waals surface area (Å²) in [5, 5.41) is 17.0. The van der Waals surface area contributed by atoms with Gasteiger partial charge in [0.2, 0.25) is 0 Å². The molecule has 0 amide bonds. The van der Waals surface area contributed by atoms with E-state index in [1.165, 1.54) is 12.1 Å². The zero-order valence-electron chi connectivity index (χ0n) is 12.1. The molecule has 8 heteroatoms. The first kappa shape index (κ1) is 23.3. The third-order valence-electron chi connectivity index (χ3n) is 2.23. The topological polar surface area (TPSA) is 74.6 Å². The molecule has 0 aromatic heterocycles. The molecule has 0 atom stereocenters. The van der Waals surface area contributed by atoms with Crippen LogP contribution in [0.1, 0.15) is 20.7 Å². The van der Waals surface area contributed by atoms with Crippen molar-refractivity contribution >= 4 is 37.2 Å². The molecular formula is C14H10Li2O4S2. The average Bonchev–Trinajstić information content (AvgIpc) is 2.40. The minimum atomic E-state index is -0.967. The fourth-order valence-corrected chi connectivity index (χ4v) is 1.75. The van der Waals surface area contributed by atoms with Gasteiger partial charge in [-0.1, -0.05) is 36.4 Å². The number of rotatable bonds is 2. The van der Waals surface area contributed by atoms with Gasteiger partial charge in [-0.15, -0.1) is 0 Å². The van der Waals surface area contributed by atoms with E-state index in [0.717, 1.165) is 0 Å². The van der Waals surface area contributed by atoms with Gasteiger partial charge in [-0.3, -0.25) is 0 Å². The Hall–Kier alpha value is -0.985. The zero-order valence-corrected chi connectivity index (χ0v) is 13.8. The van der Waals surface area contributed by atoms with Gasteiger partial charge in [0, 0.05) is 11.1 Å². The van der Waals surface area contributed by atoms with Crippen LogP contribution in [0.2, 0.25) is 0 Å². The largest absolute Gasteiger partial charge is 1.00 e. The van der Waals surface area contributed by atoms with Crippen LogP contribution in [0, 0.1) is 0 Å². The van der Waals surface area contributed by atoms with E-state index in [1.807, 2.05) is 0 Å². The van der Waals surface area contributed by atoms with Crippen LogP contribution < -0.4 is 37.7 Å². The van der Waals surface area contributed by atoms with Crippen LogP contribution in [-0.4, -0.2) is 22.2 Å². The van der Waals surface area contributed by atoms with Gasteiger partial charge >= 0.3 is 49.7 Å². The fraction of sp³-hybridized carbons (Fsp3) is 0. The Morgan fingerprint density at radius 1 is 0.682 bits per heavy atom. The Balaban J connectivity index is 0. The molecule has 0 aliphatic rings. The Morgan fingerprint density at radius 3 is 1.14 bits per heavy atom. The van der Waals surface area contributed by atoms with Gasteiger partial charge in [0.1, 0.15) is 0 Å². The van der Waals surface area contributed by atoms with Gasteiger partial charge in [-0.25, -0.2) is 9.59 Å². The summed E-state index contributed by atoms with van der Waals surface area (Å²) in [6.07, 6.45) is 0. The molecule has 0 radical (unpaired) electrons. The average molecular weight is 320 g/mol. The van der Waals surface area contributed by atoms with Crippen LogP contribution in [0.4, 0.5) is 0 Å². The molecule has 0 saturated carbocycles. The van der Waals surface area contributed by atoms with Crippen LogP contribution in [0.15, 0.2) is 58.3 Å². The number of carboxylic acids is 2. The monoisotopic (exact) mass is 320 g/mol. The van der Waals surface area contributed by atoms with Crippen LogP contribution in [0.5, 0.6) is 0 Å². The number of hydrogen-bond acceptors (Lipinski definition) is 4. The van der Waals surface area contributed by atoms with Crippen molar-refractivity contribution in [3.63, 3.8) is 0 Å². The van der Waals surface area contributed by atoms with Crippen molar-refractivity contribution in [2.45, 2.75) is 9.79 Å². The Labute approximate surface area is 163 Å². The van der Waals surface area contributed by atoms with Gasteiger partial charge in [-0.05, 0) is 12.1 Å². The molecule has 4 nitrogen and oxygen atoms in total. The summed E-state index contributed by atoms with van der Waals surface area (Å²) in [6, 6.07) is 12.9. The molecule has 0 heterocycles. The third kappa shape index (κ3) is 7.33. The molecule has 104 valence electrons. The van der Waals surface area contributed by atoms with E-state index >= 15 is 0 Å². The van der Waals surface area contributed by atoms with E-state index in [2.05, 4.69) is 0 Å². The molecule has 0 aliphatic heterocycles. The van der Waals surface area contributed by atoms with Crippen molar-refractivity contribution in [3.8, 4) is 0 Å². The zero-order chi connectivity index (χ0) is 15.1. The van der Waals surface area contributed by atoms with Crippen molar-refractivity contribution in [1.82, 2.24) is 0 Å². The molecule has 0 saturated heterocycles. The van der Waals surface area contributed by atoms with Gasteiger partial charge in [0.15, 0.2) is 0 Å². The van der Waals surface area contributed by atoms with Crippen molar-refractivity contribution in [1.29, 1.82) is 0 Å². The van der Waals surface area contributed by atoms with E-state index < -0.39 is 11.9 Å². The number of hydrogen-bond donors (Lipinski definition) is 2. The molecule has 0 unspecified atom stereocenters. The Bertz CT molecular complexity index is 580. The van der Waals surface area contributed by atoms with E-state index in [4.69, 9.17) is 35.5 Å². The van der Waals surface area contributed by atoms with Crippen molar-refractivity contribution in [3.05, 3.63) is 59.7 Å². The van der Waals surface area contributed by atoms with E-state index in [1.54, 1.807) is 36.4 Å². The van der Waals surface area contributed by atoms with Crippen LogP contribution in [-0.2, 0) is 25.3 Å². The minimum Gasteiger partial charge on any atom is -0.779 e. The maximum atomic E-state index is 10.4. The van der Waals surface area contributed by atoms with E-state index in [9.17, 15) is 9.59 Å². The predicted molar refractivity (Wildman–Crippen MR) is 78.1 cm³/mol. The predicted octanol–water partition coefficient (Wildman–Crippen LogP) is -3.41. The molecule has 2 aromatic rings. The molecule has 2 aromatic carbocycles. The second-order valence-corrected chi connectivity index (χ2v) is 4.48. The number of benzene rings is 2. The summed E-state index contributed by atoms with van der Waals surface area (Å²) in [6.45, 7) is 0. The van der Waals surface area contributed by atoms with E-state index in [-0.39, 0.29) is 48.8 Å². The van der Waals surface area contributed by atoms with Crippen LogP contribution >= 0.6 is 0 Å². The van der Waals surface area contributed by atoms with Crippen LogP contribution in [0.25, 0.3) is 0 Å². The maximum absolute atomic E-state index is 10.4. The first-order chi connectivity index (χ1) is 9.43. The molecule has 0 bridgehead atoms. The summed E-state index contributed by atoms with van der Waals surface area (Å²) < 4.78 is 0. The first-order valence-electron chi connectivity index (χ1n) is 5.42.